The van der Waals surface area contributed by atoms with E-state index in [4.69, 9.17) is 5.73 Å². The summed E-state index contributed by atoms with van der Waals surface area (Å²) in [5.74, 6) is -1.25. The van der Waals surface area contributed by atoms with Gasteiger partial charge in [0.25, 0.3) is 0 Å². The summed E-state index contributed by atoms with van der Waals surface area (Å²) in [5.41, 5.74) is 5.95. The smallest absolute Gasteiger partial charge is 0.245 e. The van der Waals surface area contributed by atoms with Crippen LogP contribution in [0.5, 0.6) is 0 Å². The standard InChI is InChI=1S/C12H14BrN3O4S/c1-2-10-12(18)15-11(17)6-16(10)21(19,20)7-3-4-8(13)9(14)5-7/h3-5,10H,2,6,14H2,1H3,(H,15,17,18). The van der Waals surface area contributed by atoms with Crippen LogP contribution < -0.4 is 11.1 Å². The van der Waals surface area contributed by atoms with Crippen molar-refractivity contribution in [1.29, 1.82) is 0 Å². The Balaban J connectivity index is 2.47. The first-order valence-corrected chi connectivity index (χ1v) is 8.41. The highest BCUT2D eigenvalue weighted by atomic mass is 79.9. The first-order chi connectivity index (χ1) is 9.77. The third-order valence-corrected chi connectivity index (χ3v) is 5.75. The largest absolute Gasteiger partial charge is 0.398 e. The number of sulfonamides is 1. The second kappa shape index (κ2) is 5.74. The maximum absolute atomic E-state index is 12.6. The molecule has 114 valence electrons. The minimum absolute atomic E-state index is 0.0517. The molecule has 3 N–H and O–H groups in total. The second-order valence-electron chi connectivity index (χ2n) is 4.57. The van der Waals surface area contributed by atoms with Crippen LogP contribution >= 0.6 is 15.9 Å². The van der Waals surface area contributed by atoms with Gasteiger partial charge in [0.1, 0.15) is 6.04 Å². The van der Waals surface area contributed by atoms with Gasteiger partial charge in [-0.2, -0.15) is 4.31 Å². The van der Waals surface area contributed by atoms with Crippen molar-refractivity contribution in [3.8, 4) is 0 Å². The van der Waals surface area contributed by atoms with E-state index >= 15 is 0 Å². The van der Waals surface area contributed by atoms with E-state index in [1.54, 1.807) is 6.92 Å². The molecule has 7 nitrogen and oxygen atoms in total. The molecule has 0 aliphatic carbocycles. The van der Waals surface area contributed by atoms with Gasteiger partial charge in [-0.25, -0.2) is 8.42 Å². The number of halogens is 1. The zero-order valence-electron chi connectivity index (χ0n) is 11.2. The number of imide groups is 1. The van der Waals surface area contributed by atoms with Gasteiger partial charge in [0.2, 0.25) is 21.8 Å². The maximum Gasteiger partial charge on any atom is 0.245 e. The van der Waals surface area contributed by atoms with Crippen molar-refractivity contribution in [3.63, 3.8) is 0 Å². The minimum atomic E-state index is -3.98. The number of nitrogens with one attached hydrogen (secondary N) is 1. The van der Waals surface area contributed by atoms with Crippen LogP contribution in [0.1, 0.15) is 13.3 Å². The average Bonchev–Trinajstić information content (AvgIpc) is 2.41. The Morgan fingerprint density at radius 3 is 2.67 bits per heavy atom. The number of nitrogens with zero attached hydrogens (tertiary/aromatic N) is 1. The van der Waals surface area contributed by atoms with Crippen LogP contribution in [0.25, 0.3) is 0 Å². The van der Waals surface area contributed by atoms with Crippen LogP contribution in [-0.4, -0.2) is 37.1 Å². The molecule has 0 spiro atoms. The lowest BCUT2D eigenvalue weighted by molar-refractivity contribution is -0.137. The molecular weight excluding hydrogens is 362 g/mol. The Hall–Kier alpha value is -1.45. The van der Waals surface area contributed by atoms with Gasteiger partial charge in [-0.15, -0.1) is 0 Å². The van der Waals surface area contributed by atoms with Crippen molar-refractivity contribution in [1.82, 2.24) is 9.62 Å². The lowest BCUT2D eigenvalue weighted by Gasteiger charge is -2.32. The van der Waals surface area contributed by atoms with Crippen molar-refractivity contribution < 1.29 is 18.0 Å². The SMILES string of the molecule is CCC1C(=O)NC(=O)CN1S(=O)(=O)c1ccc(Br)c(N)c1. The quantitative estimate of drug-likeness (QED) is 0.588. The van der Waals surface area contributed by atoms with E-state index in [1.807, 2.05) is 0 Å². The summed E-state index contributed by atoms with van der Waals surface area (Å²) in [6.07, 6.45) is 0.268. The monoisotopic (exact) mass is 375 g/mol. The molecular formula is C12H14BrN3O4S. The van der Waals surface area contributed by atoms with Crippen LogP contribution in [0.4, 0.5) is 5.69 Å². The molecule has 21 heavy (non-hydrogen) atoms. The van der Waals surface area contributed by atoms with Crippen molar-refractivity contribution in [2.45, 2.75) is 24.3 Å². The molecule has 1 atom stereocenters. The number of carbonyl (C=O) groups is 2. The van der Waals surface area contributed by atoms with E-state index < -0.39 is 27.9 Å². The fraction of sp³-hybridized carbons (Fsp3) is 0.333. The summed E-state index contributed by atoms with van der Waals surface area (Å²) in [7, 11) is -3.98. The maximum atomic E-state index is 12.6. The fourth-order valence-electron chi connectivity index (χ4n) is 2.10. The van der Waals surface area contributed by atoms with E-state index in [1.165, 1.54) is 18.2 Å². The first-order valence-electron chi connectivity index (χ1n) is 6.18. The number of benzene rings is 1. The molecule has 1 aliphatic heterocycles. The molecule has 1 heterocycles. The minimum Gasteiger partial charge on any atom is -0.398 e. The highest BCUT2D eigenvalue weighted by Crippen LogP contribution is 2.27. The Morgan fingerprint density at radius 2 is 2.10 bits per heavy atom. The number of rotatable bonds is 3. The molecule has 1 unspecified atom stereocenters. The van der Waals surface area contributed by atoms with Gasteiger partial charge in [-0.1, -0.05) is 6.92 Å². The summed E-state index contributed by atoms with van der Waals surface area (Å²) < 4.78 is 26.8. The molecule has 1 aromatic carbocycles. The molecule has 1 saturated heterocycles. The Labute approximate surface area is 130 Å². The number of nitrogen functional groups attached to an aromatic ring is 1. The van der Waals surface area contributed by atoms with E-state index in [2.05, 4.69) is 21.2 Å². The molecule has 1 fully saturated rings. The molecule has 0 aromatic heterocycles. The van der Waals surface area contributed by atoms with E-state index in [0.717, 1.165) is 4.31 Å². The van der Waals surface area contributed by atoms with Crippen LogP contribution in [0.3, 0.4) is 0 Å². The van der Waals surface area contributed by atoms with Gasteiger partial charge in [-0.3, -0.25) is 14.9 Å². The second-order valence-corrected chi connectivity index (χ2v) is 7.31. The average molecular weight is 376 g/mol. The molecule has 0 saturated carbocycles. The molecule has 1 aromatic rings. The number of carbonyl (C=O) groups excluding carboxylic acids is 2. The lowest BCUT2D eigenvalue weighted by atomic mass is 10.2. The van der Waals surface area contributed by atoms with Crippen LogP contribution in [0.2, 0.25) is 0 Å². The van der Waals surface area contributed by atoms with Crippen LogP contribution in [0, 0.1) is 0 Å². The van der Waals surface area contributed by atoms with Gasteiger partial charge < -0.3 is 5.73 Å². The Bertz CT molecular complexity index is 704. The molecule has 2 amide bonds. The van der Waals surface area contributed by atoms with Crippen molar-refractivity contribution >= 4 is 43.5 Å². The number of piperazine rings is 1. The van der Waals surface area contributed by atoms with Crippen LogP contribution in [-0.2, 0) is 19.6 Å². The lowest BCUT2D eigenvalue weighted by Crippen LogP contribution is -2.59. The Kier molecular flexibility index (Phi) is 4.35. The van der Waals surface area contributed by atoms with Gasteiger partial charge >= 0.3 is 0 Å². The summed E-state index contributed by atoms with van der Waals surface area (Å²) in [6.45, 7) is 1.29. The Morgan fingerprint density at radius 1 is 1.43 bits per heavy atom. The van der Waals surface area contributed by atoms with E-state index in [-0.39, 0.29) is 23.5 Å². The highest BCUT2D eigenvalue weighted by Gasteiger charge is 2.40. The molecule has 0 radical (unpaired) electrons. The first kappa shape index (κ1) is 15.9. The predicted molar refractivity (Wildman–Crippen MR) is 79.7 cm³/mol. The molecule has 2 rings (SSSR count). The number of nitrogens with two attached hydrogens (primary N) is 1. The highest BCUT2D eigenvalue weighted by molar-refractivity contribution is 9.10. The topological polar surface area (TPSA) is 110 Å². The summed E-state index contributed by atoms with van der Waals surface area (Å²) in [4.78, 5) is 23.2. The zero-order valence-corrected chi connectivity index (χ0v) is 13.6. The van der Waals surface area contributed by atoms with Gasteiger partial charge in [0.05, 0.1) is 11.4 Å². The zero-order chi connectivity index (χ0) is 15.8. The van der Waals surface area contributed by atoms with E-state index in [0.29, 0.717) is 4.47 Å². The molecule has 1 aliphatic rings. The van der Waals surface area contributed by atoms with Gasteiger partial charge in [0, 0.05) is 10.2 Å². The number of hydrogen-bond acceptors (Lipinski definition) is 5. The molecule has 0 bridgehead atoms. The van der Waals surface area contributed by atoms with Crippen LogP contribution in [0.15, 0.2) is 27.6 Å². The van der Waals surface area contributed by atoms with Crippen molar-refractivity contribution in [2.75, 3.05) is 12.3 Å². The third-order valence-electron chi connectivity index (χ3n) is 3.17. The number of anilines is 1. The number of amides is 2. The van der Waals surface area contributed by atoms with Crippen molar-refractivity contribution in [2.24, 2.45) is 0 Å². The summed E-state index contributed by atoms with van der Waals surface area (Å²) in [6, 6.07) is 3.27. The summed E-state index contributed by atoms with van der Waals surface area (Å²) >= 11 is 3.19. The van der Waals surface area contributed by atoms with E-state index in [9.17, 15) is 18.0 Å². The fourth-order valence-corrected chi connectivity index (χ4v) is 4.00. The predicted octanol–water partition coefficient (Wildman–Crippen LogP) is 0.457. The van der Waals surface area contributed by atoms with Crippen molar-refractivity contribution in [3.05, 3.63) is 22.7 Å². The third kappa shape index (κ3) is 2.94. The summed E-state index contributed by atoms with van der Waals surface area (Å²) in [5, 5.41) is 2.14. The van der Waals surface area contributed by atoms with Gasteiger partial charge in [-0.05, 0) is 40.5 Å². The number of hydrogen-bond donors (Lipinski definition) is 2. The normalized spacial score (nSPS) is 20.4. The molecule has 9 heteroatoms. The van der Waals surface area contributed by atoms with Gasteiger partial charge in [0.15, 0.2) is 0 Å².